The van der Waals surface area contributed by atoms with Crippen LogP contribution >= 0.6 is 0 Å². The van der Waals surface area contributed by atoms with Crippen molar-refractivity contribution in [3.8, 4) is 0 Å². The Balaban J connectivity index is 3.05. The standard InChI is InChI=1S/C24H53N5/c1-2-3-4-5-6-7-8-9-10-11-12-13-14-15-17-26-19-21-28-23-24-29-22-20-27-18-16-25/h15,17,26-29H,2-14,16,18-25H2,1H3. The second kappa shape index (κ2) is 27.4. The van der Waals surface area contributed by atoms with Gasteiger partial charge in [-0.05, 0) is 19.0 Å². The van der Waals surface area contributed by atoms with Crippen LogP contribution in [0.15, 0.2) is 12.3 Å². The maximum Gasteiger partial charge on any atom is 0.0266 e. The van der Waals surface area contributed by atoms with E-state index in [1.165, 1.54) is 83.5 Å². The largest absolute Gasteiger partial charge is 0.390 e. The van der Waals surface area contributed by atoms with Crippen molar-refractivity contribution in [1.82, 2.24) is 21.3 Å². The molecule has 0 aromatic heterocycles. The first-order chi connectivity index (χ1) is 14.4. The van der Waals surface area contributed by atoms with Gasteiger partial charge in [0.2, 0.25) is 0 Å². The van der Waals surface area contributed by atoms with Crippen LogP contribution in [0.25, 0.3) is 0 Å². The predicted molar refractivity (Wildman–Crippen MR) is 131 cm³/mol. The fourth-order valence-electron chi connectivity index (χ4n) is 3.34. The summed E-state index contributed by atoms with van der Waals surface area (Å²) in [4.78, 5) is 0. The molecule has 0 aromatic carbocycles. The second-order valence-electron chi connectivity index (χ2n) is 8.07. The Labute approximate surface area is 182 Å². The molecule has 5 nitrogen and oxygen atoms in total. The maximum absolute atomic E-state index is 5.42. The van der Waals surface area contributed by atoms with Crippen molar-refractivity contribution < 1.29 is 0 Å². The molecule has 0 aliphatic carbocycles. The average molecular weight is 412 g/mol. The van der Waals surface area contributed by atoms with Crippen LogP contribution in [0.3, 0.4) is 0 Å². The summed E-state index contributed by atoms with van der Waals surface area (Å²) in [6.45, 7) is 9.92. The summed E-state index contributed by atoms with van der Waals surface area (Å²) in [5.41, 5.74) is 5.42. The minimum atomic E-state index is 0.711. The first-order valence-corrected chi connectivity index (χ1v) is 12.6. The first-order valence-electron chi connectivity index (χ1n) is 12.6. The molecule has 174 valence electrons. The zero-order valence-electron chi connectivity index (χ0n) is 19.6. The third kappa shape index (κ3) is 27.4. The van der Waals surface area contributed by atoms with Crippen LogP contribution in [-0.4, -0.2) is 52.4 Å². The van der Waals surface area contributed by atoms with E-state index < -0.39 is 0 Å². The van der Waals surface area contributed by atoms with E-state index in [0.717, 1.165) is 45.8 Å². The van der Waals surface area contributed by atoms with E-state index in [9.17, 15) is 0 Å². The molecule has 0 fully saturated rings. The molecule has 0 saturated heterocycles. The van der Waals surface area contributed by atoms with Gasteiger partial charge >= 0.3 is 0 Å². The molecular formula is C24H53N5. The number of nitrogens with one attached hydrogen (secondary N) is 4. The lowest BCUT2D eigenvalue weighted by Crippen LogP contribution is -2.35. The summed E-state index contributed by atoms with van der Waals surface area (Å²) >= 11 is 0. The second-order valence-corrected chi connectivity index (χ2v) is 8.07. The van der Waals surface area contributed by atoms with Crippen molar-refractivity contribution in [3.63, 3.8) is 0 Å². The molecule has 0 saturated carbocycles. The zero-order valence-corrected chi connectivity index (χ0v) is 19.6. The third-order valence-corrected chi connectivity index (χ3v) is 5.18. The molecule has 0 radical (unpaired) electrons. The van der Waals surface area contributed by atoms with Gasteiger partial charge in [0.25, 0.3) is 0 Å². The van der Waals surface area contributed by atoms with E-state index in [1.54, 1.807) is 0 Å². The highest BCUT2D eigenvalue weighted by atomic mass is 15.0. The van der Waals surface area contributed by atoms with Crippen LogP contribution in [0.1, 0.15) is 90.4 Å². The van der Waals surface area contributed by atoms with Crippen LogP contribution in [0.2, 0.25) is 0 Å². The molecule has 0 bridgehead atoms. The molecule has 29 heavy (non-hydrogen) atoms. The summed E-state index contributed by atoms with van der Waals surface area (Å²) < 4.78 is 0. The lowest BCUT2D eigenvalue weighted by Gasteiger charge is -2.07. The minimum absolute atomic E-state index is 0.711. The van der Waals surface area contributed by atoms with Crippen LogP contribution in [0, 0.1) is 0 Å². The summed E-state index contributed by atoms with van der Waals surface area (Å²) in [7, 11) is 0. The Morgan fingerprint density at radius 3 is 1.52 bits per heavy atom. The van der Waals surface area contributed by atoms with Crippen molar-refractivity contribution in [2.24, 2.45) is 5.73 Å². The van der Waals surface area contributed by atoms with E-state index in [-0.39, 0.29) is 0 Å². The number of nitrogens with two attached hydrogens (primary N) is 1. The molecule has 0 atom stereocenters. The average Bonchev–Trinajstić information content (AvgIpc) is 2.74. The lowest BCUT2D eigenvalue weighted by molar-refractivity contribution is 0.544. The monoisotopic (exact) mass is 411 g/mol. The number of unbranched alkanes of at least 4 members (excludes halogenated alkanes) is 12. The Morgan fingerprint density at radius 2 is 1.00 bits per heavy atom. The highest BCUT2D eigenvalue weighted by Crippen LogP contribution is 2.12. The summed E-state index contributed by atoms with van der Waals surface area (Å²) in [5.74, 6) is 0. The summed E-state index contributed by atoms with van der Waals surface area (Å²) in [6, 6.07) is 0. The zero-order chi connectivity index (χ0) is 21.1. The fourth-order valence-corrected chi connectivity index (χ4v) is 3.34. The van der Waals surface area contributed by atoms with Gasteiger partial charge in [-0.15, -0.1) is 0 Å². The van der Waals surface area contributed by atoms with Crippen molar-refractivity contribution in [2.45, 2.75) is 90.4 Å². The SMILES string of the molecule is CCCCCCCCCCCCCCC=CNCCNCCNCCNCCN. The first kappa shape index (κ1) is 28.4. The lowest BCUT2D eigenvalue weighted by atomic mass is 10.0. The quantitative estimate of drug-likeness (QED) is 0.147. The minimum Gasteiger partial charge on any atom is -0.390 e. The molecule has 0 rings (SSSR count). The smallest absolute Gasteiger partial charge is 0.0266 e. The van der Waals surface area contributed by atoms with Crippen LogP contribution in [-0.2, 0) is 0 Å². The molecule has 0 amide bonds. The van der Waals surface area contributed by atoms with Crippen molar-refractivity contribution in [3.05, 3.63) is 12.3 Å². The van der Waals surface area contributed by atoms with Gasteiger partial charge in [-0.3, -0.25) is 0 Å². The Morgan fingerprint density at radius 1 is 0.552 bits per heavy atom. The summed E-state index contributed by atoms with van der Waals surface area (Å²) in [5, 5.41) is 13.5. The normalized spacial score (nSPS) is 11.5. The van der Waals surface area contributed by atoms with E-state index in [0.29, 0.717) is 6.54 Å². The molecule has 0 heterocycles. The Kier molecular flexibility index (Phi) is 26.8. The van der Waals surface area contributed by atoms with E-state index in [2.05, 4.69) is 40.5 Å². The molecular weight excluding hydrogens is 358 g/mol. The number of rotatable bonds is 25. The van der Waals surface area contributed by atoms with Gasteiger partial charge in [-0.25, -0.2) is 0 Å². The number of hydrogen-bond donors (Lipinski definition) is 5. The van der Waals surface area contributed by atoms with E-state index >= 15 is 0 Å². The molecule has 0 aliphatic rings. The van der Waals surface area contributed by atoms with Crippen LogP contribution in [0.4, 0.5) is 0 Å². The highest BCUT2D eigenvalue weighted by molar-refractivity contribution is 4.79. The van der Waals surface area contributed by atoms with Gasteiger partial charge in [0.05, 0.1) is 0 Å². The van der Waals surface area contributed by atoms with Crippen LogP contribution < -0.4 is 27.0 Å². The molecule has 0 aliphatic heterocycles. The Hall–Kier alpha value is -0.620. The van der Waals surface area contributed by atoms with E-state index in [1.807, 2.05) is 0 Å². The molecule has 0 unspecified atom stereocenters. The van der Waals surface area contributed by atoms with Gasteiger partial charge in [0.1, 0.15) is 0 Å². The van der Waals surface area contributed by atoms with Gasteiger partial charge < -0.3 is 27.0 Å². The topological polar surface area (TPSA) is 74.1 Å². The van der Waals surface area contributed by atoms with Crippen molar-refractivity contribution in [2.75, 3.05) is 52.4 Å². The fraction of sp³-hybridized carbons (Fsp3) is 0.917. The maximum atomic E-state index is 5.42. The summed E-state index contributed by atoms with van der Waals surface area (Å²) in [6.07, 6.45) is 22.7. The van der Waals surface area contributed by atoms with E-state index in [4.69, 9.17) is 5.73 Å². The molecule has 0 aromatic rings. The van der Waals surface area contributed by atoms with Gasteiger partial charge in [-0.2, -0.15) is 0 Å². The van der Waals surface area contributed by atoms with Gasteiger partial charge in [-0.1, -0.05) is 83.6 Å². The third-order valence-electron chi connectivity index (χ3n) is 5.18. The number of hydrogen-bond acceptors (Lipinski definition) is 5. The molecule has 6 N–H and O–H groups in total. The predicted octanol–water partition coefficient (Wildman–Crippen LogP) is 3.91. The number of allylic oxidation sites excluding steroid dienone is 1. The molecule has 5 heteroatoms. The van der Waals surface area contributed by atoms with Crippen LogP contribution in [0.5, 0.6) is 0 Å². The molecule has 0 spiro atoms. The Bertz CT molecular complexity index is 310. The van der Waals surface area contributed by atoms with Crippen molar-refractivity contribution in [1.29, 1.82) is 0 Å². The van der Waals surface area contributed by atoms with Gasteiger partial charge in [0, 0.05) is 52.4 Å². The van der Waals surface area contributed by atoms with Crippen molar-refractivity contribution >= 4 is 0 Å². The highest BCUT2D eigenvalue weighted by Gasteiger charge is 1.93. The van der Waals surface area contributed by atoms with Gasteiger partial charge in [0.15, 0.2) is 0 Å².